The fraction of sp³-hybridized carbons (Fsp3) is 0.969. The highest BCUT2D eigenvalue weighted by atomic mass is 16.5. The van der Waals surface area contributed by atoms with Crippen molar-refractivity contribution in [3.8, 4) is 0 Å². The molecule has 42 heavy (non-hydrogen) atoms. The third kappa shape index (κ3) is 15.7. The first-order valence-electron chi connectivity index (χ1n) is 16.7. The largest absolute Gasteiger partial charge is 0.379 e. The number of amides is 1. The average Bonchev–Trinajstić information content (AvgIpc) is 3.19. The first-order chi connectivity index (χ1) is 19.8. The fourth-order valence-electron chi connectivity index (χ4n) is 5.91. The van der Waals surface area contributed by atoms with E-state index in [9.17, 15) is 20.1 Å². The smallest absolute Gasteiger partial charge is 0.239 e. The van der Waals surface area contributed by atoms with Crippen molar-refractivity contribution in [3.63, 3.8) is 0 Å². The van der Waals surface area contributed by atoms with E-state index in [1.807, 2.05) is 25.7 Å². The standard InChI is InChI=1S/C29H59N5O5.C2H6.CH4.2H2/c1-4-7-13-25(29(38)34-16-18-39-19-17-34)33-28(37)24(10-6-3)32-27(36)23(9-5-2)31-26(35)20-21-11-8-12-22(30)15-14-21;1-2;;;/h21-28,31-33,35-37H,4-20,30H2,1-3H3;1-2H3;1H4;2*1H/t21-,22+,23?,24-,25-,26-,27?,28-;;;;/m0..../s1. The number of nitrogens with zero attached hydrogens (tertiary/aromatic N) is 1. The SMILES string of the molecule is C.CC.CCCC[C@H](N[C@@H](O)[C@H](CCC)NC(O)C(CCC)N[C@@H](O)C[C@H]1CCC[C@@H](N)CC1)C(=O)N1CCOCC1.[HH].[HH]. The molecule has 2 fully saturated rings. The number of aliphatic hydroxyl groups is 3. The van der Waals surface area contributed by atoms with Crippen LogP contribution in [-0.4, -0.2) is 95.3 Å². The highest BCUT2D eigenvalue weighted by molar-refractivity contribution is 5.82. The van der Waals surface area contributed by atoms with Crippen LogP contribution in [0.1, 0.15) is 128 Å². The van der Waals surface area contributed by atoms with Gasteiger partial charge in [-0.05, 0) is 50.9 Å². The number of morpholine rings is 1. The molecular weight excluding hydrogens is 534 g/mol. The summed E-state index contributed by atoms with van der Waals surface area (Å²) in [7, 11) is 0. The first kappa shape index (κ1) is 41.1. The van der Waals surface area contributed by atoms with E-state index in [1.54, 1.807) is 0 Å². The van der Waals surface area contributed by atoms with Gasteiger partial charge in [0.1, 0.15) is 18.7 Å². The van der Waals surface area contributed by atoms with E-state index < -0.39 is 30.8 Å². The maximum atomic E-state index is 13.2. The average molecular weight is 608 g/mol. The number of nitrogens with two attached hydrogens (primary N) is 1. The maximum absolute atomic E-state index is 13.2. The number of nitrogens with one attached hydrogen (secondary N) is 3. The van der Waals surface area contributed by atoms with Crippen LogP contribution in [0, 0.1) is 5.92 Å². The second kappa shape index (κ2) is 24.5. The third-order valence-electron chi connectivity index (χ3n) is 8.28. The predicted octanol–water partition coefficient (Wildman–Crippen LogP) is 3.92. The summed E-state index contributed by atoms with van der Waals surface area (Å²) in [4.78, 5) is 15.1. The topological polar surface area (TPSA) is 152 Å². The minimum Gasteiger partial charge on any atom is -0.379 e. The van der Waals surface area contributed by atoms with Gasteiger partial charge < -0.3 is 30.7 Å². The molecule has 8 atom stereocenters. The molecule has 1 heterocycles. The van der Waals surface area contributed by atoms with Gasteiger partial charge >= 0.3 is 0 Å². The zero-order chi connectivity index (χ0) is 30.6. The van der Waals surface area contributed by atoms with Gasteiger partial charge in [0.05, 0.1) is 19.3 Å². The van der Waals surface area contributed by atoms with Crippen molar-refractivity contribution in [3.05, 3.63) is 0 Å². The van der Waals surface area contributed by atoms with Crippen molar-refractivity contribution < 1.29 is 27.7 Å². The van der Waals surface area contributed by atoms with Crippen LogP contribution < -0.4 is 21.7 Å². The Bertz CT molecular complexity index is 667. The van der Waals surface area contributed by atoms with Crippen molar-refractivity contribution >= 4 is 5.91 Å². The molecule has 0 aromatic heterocycles. The lowest BCUT2D eigenvalue weighted by molar-refractivity contribution is -0.139. The van der Waals surface area contributed by atoms with Gasteiger partial charge in [0.15, 0.2) is 0 Å². The van der Waals surface area contributed by atoms with Crippen molar-refractivity contribution in [2.24, 2.45) is 11.7 Å². The van der Waals surface area contributed by atoms with Gasteiger partial charge in [-0.1, -0.05) is 80.6 Å². The molecule has 1 aliphatic heterocycles. The Kier molecular flexibility index (Phi) is 24.0. The number of carbonyl (C=O) groups is 1. The minimum absolute atomic E-state index is 0. The Labute approximate surface area is 260 Å². The van der Waals surface area contributed by atoms with Gasteiger partial charge in [-0.25, -0.2) is 0 Å². The quantitative estimate of drug-likeness (QED) is 0.0908. The summed E-state index contributed by atoms with van der Waals surface area (Å²) in [6, 6.07) is -1.04. The fourth-order valence-corrected chi connectivity index (χ4v) is 5.91. The molecule has 2 aliphatic rings. The van der Waals surface area contributed by atoms with Crippen molar-refractivity contribution in [1.82, 2.24) is 20.9 Å². The van der Waals surface area contributed by atoms with Crippen molar-refractivity contribution in [2.45, 2.75) is 168 Å². The molecule has 10 nitrogen and oxygen atoms in total. The molecule has 2 unspecified atom stereocenters. The van der Waals surface area contributed by atoms with Gasteiger partial charge in [-0.15, -0.1) is 0 Å². The Morgan fingerprint density at radius 3 is 2.07 bits per heavy atom. The number of rotatable bonds is 18. The van der Waals surface area contributed by atoms with Gasteiger partial charge in [0.2, 0.25) is 5.91 Å². The number of aliphatic hydroxyl groups excluding tert-OH is 3. The number of hydrogen-bond acceptors (Lipinski definition) is 9. The van der Waals surface area contributed by atoms with E-state index in [2.05, 4.69) is 29.8 Å². The lowest BCUT2D eigenvalue weighted by Gasteiger charge is -2.36. The molecule has 8 N–H and O–H groups in total. The van der Waals surface area contributed by atoms with Gasteiger partial charge in [-0.3, -0.25) is 20.7 Å². The Hall–Kier alpha value is -0.850. The Morgan fingerprint density at radius 2 is 1.48 bits per heavy atom. The molecule has 1 saturated carbocycles. The summed E-state index contributed by atoms with van der Waals surface area (Å²) in [6.07, 6.45) is 8.63. The number of hydrogen-bond donors (Lipinski definition) is 7. The van der Waals surface area contributed by atoms with E-state index in [0.717, 1.165) is 57.8 Å². The molecule has 10 heteroatoms. The Balaban J connectivity index is -0.00000329. The van der Waals surface area contributed by atoms with Crippen LogP contribution in [-0.2, 0) is 9.53 Å². The van der Waals surface area contributed by atoms with E-state index in [1.165, 1.54) is 0 Å². The molecule has 0 aromatic rings. The van der Waals surface area contributed by atoms with E-state index >= 15 is 0 Å². The van der Waals surface area contributed by atoms with Crippen LogP contribution in [0.25, 0.3) is 0 Å². The van der Waals surface area contributed by atoms with Crippen LogP contribution >= 0.6 is 0 Å². The van der Waals surface area contributed by atoms with Crippen LogP contribution in [0.5, 0.6) is 0 Å². The van der Waals surface area contributed by atoms with Crippen LogP contribution in [0.15, 0.2) is 0 Å². The summed E-state index contributed by atoms with van der Waals surface area (Å²) >= 11 is 0. The van der Waals surface area contributed by atoms with E-state index in [0.29, 0.717) is 57.9 Å². The lowest BCUT2D eigenvalue weighted by atomic mass is 9.95. The van der Waals surface area contributed by atoms with Crippen molar-refractivity contribution in [1.29, 1.82) is 0 Å². The number of carbonyl (C=O) groups excluding carboxylic acids is 1. The summed E-state index contributed by atoms with van der Waals surface area (Å²) in [6.45, 7) is 12.4. The first-order valence-corrected chi connectivity index (χ1v) is 16.7. The number of ether oxygens (including phenoxy) is 1. The van der Waals surface area contributed by atoms with Crippen LogP contribution in [0.2, 0.25) is 0 Å². The molecule has 0 radical (unpaired) electrons. The van der Waals surface area contributed by atoms with E-state index in [-0.39, 0.29) is 28.3 Å². The molecule has 0 bridgehead atoms. The summed E-state index contributed by atoms with van der Waals surface area (Å²) in [5.74, 6) is 0.422. The zero-order valence-corrected chi connectivity index (χ0v) is 26.8. The predicted molar refractivity (Wildman–Crippen MR) is 177 cm³/mol. The Morgan fingerprint density at radius 1 is 0.881 bits per heavy atom. The summed E-state index contributed by atoms with van der Waals surface area (Å²) in [5, 5.41) is 42.9. The molecule has 1 amide bonds. The monoisotopic (exact) mass is 608 g/mol. The second-order valence-corrected chi connectivity index (χ2v) is 11.7. The highest BCUT2D eigenvalue weighted by Gasteiger charge is 2.32. The lowest BCUT2D eigenvalue weighted by Crippen LogP contribution is -2.61. The second-order valence-electron chi connectivity index (χ2n) is 11.7. The molecule has 1 saturated heterocycles. The van der Waals surface area contributed by atoms with Crippen LogP contribution in [0.3, 0.4) is 0 Å². The molecule has 0 aromatic carbocycles. The zero-order valence-electron chi connectivity index (χ0n) is 26.8. The van der Waals surface area contributed by atoms with E-state index in [4.69, 9.17) is 10.5 Å². The molecular formula is C32H73N5O5. The van der Waals surface area contributed by atoms with Crippen LogP contribution in [0.4, 0.5) is 0 Å². The highest BCUT2D eigenvalue weighted by Crippen LogP contribution is 2.26. The molecule has 1 aliphatic carbocycles. The van der Waals surface area contributed by atoms with Crippen molar-refractivity contribution in [2.75, 3.05) is 26.3 Å². The van der Waals surface area contributed by atoms with Gasteiger partial charge in [0.25, 0.3) is 0 Å². The normalized spacial score (nSPS) is 23.7. The molecule has 256 valence electrons. The molecule has 2 rings (SSSR count). The summed E-state index contributed by atoms with van der Waals surface area (Å²) < 4.78 is 5.40. The third-order valence-corrected chi connectivity index (χ3v) is 8.28. The summed E-state index contributed by atoms with van der Waals surface area (Å²) in [5.41, 5.74) is 6.12. The van der Waals surface area contributed by atoms with Gasteiger partial charge in [-0.2, -0.15) is 0 Å². The van der Waals surface area contributed by atoms with Gasteiger partial charge in [0, 0.05) is 34.1 Å². The maximum Gasteiger partial charge on any atom is 0.239 e. The minimum atomic E-state index is -1.01. The molecule has 0 spiro atoms. The number of unbranched alkanes of at least 4 members (excludes halogenated alkanes) is 1.